The van der Waals surface area contributed by atoms with Crippen molar-refractivity contribution in [3.05, 3.63) is 87.4 Å². The quantitative estimate of drug-likeness (QED) is 0.236. The predicted octanol–water partition coefficient (Wildman–Crippen LogP) is 6.92. The molecule has 6 nitrogen and oxygen atoms in total. The van der Waals surface area contributed by atoms with Crippen molar-refractivity contribution < 1.29 is 19.0 Å². The first-order chi connectivity index (χ1) is 16.9. The summed E-state index contributed by atoms with van der Waals surface area (Å²) >= 11 is 12.5. The molecule has 0 bridgehead atoms. The lowest BCUT2D eigenvalue weighted by molar-refractivity contribution is -0.112. The molecule has 0 aliphatic carbocycles. The monoisotopic (exact) mass is 510 g/mol. The van der Waals surface area contributed by atoms with E-state index in [0.29, 0.717) is 46.7 Å². The number of carbonyl (C=O) groups excluding carboxylic acids is 1. The summed E-state index contributed by atoms with van der Waals surface area (Å²) in [7, 11) is 0. The fourth-order valence-electron chi connectivity index (χ4n) is 3.17. The summed E-state index contributed by atoms with van der Waals surface area (Å²) in [6.45, 7) is 4.89. The predicted molar refractivity (Wildman–Crippen MR) is 138 cm³/mol. The van der Waals surface area contributed by atoms with E-state index in [1.807, 2.05) is 32.0 Å². The zero-order chi connectivity index (χ0) is 25.2. The number of halogens is 2. The SMILES string of the molecule is CCOc1ccc(NC(=O)/C(C#N)=C/c2cc(Cl)c(OCc3cccc(Cl)c3)c(OCC)c2)cc1. The van der Waals surface area contributed by atoms with Gasteiger partial charge in [-0.3, -0.25) is 4.79 Å². The first-order valence-electron chi connectivity index (χ1n) is 10.9. The Kier molecular flexibility index (Phi) is 9.42. The molecule has 0 atom stereocenters. The zero-order valence-corrected chi connectivity index (χ0v) is 20.8. The summed E-state index contributed by atoms with van der Waals surface area (Å²) in [6.07, 6.45) is 1.44. The minimum atomic E-state index is -0.549. The van der Waals surface area contributed by atoms with E-state index in [0.717, 1.165) is 5.56 Å². The van der Waals surface area contributed by atoms with Crippen molar-refractivity contribution in [2.45, 2.75) is 20.5 Å². The van der Waals surface area contributed by atoms with Crippen molar-refractivity contribution in [3.63, 3.8) is 0 Å². The standard InChI is InChI=1S/C27H24Cl2N2O4/c1-3-33-23-10-8-22(9-11-23)31-27(32)20(16-30)12-19-14-24(29)26(25(15-19)34-4-2)35-17-18-6-5-7-21(28)13-18/h5-15H,3-4,17H2,1-2H3,(H,31,32)/b20-12+. The number of nitrogens with one attached hydrogen (secondary N) is 1. The van der Waals surface area contributed by atoms with Crippen LogP contribution in [0.25, 0.3) is 6.08 Å². The lowest BCUT2D eigenvalue weighted by atomic mass is 10.1. The summed E-state index contributed by atoms with van der Waals surface area (Å²) < 4.78 is 17.0. The second-order valence-electron chi connectivity index (χ2n) is 7.26. The third kappa shape index (κ3) is 7.41. The summed E-state index contributed by atoms with van der Waals surface area (Å²) in [5.74, 6) is 0.907. The van der Waals surface area contributed by atoms with Crippen LogP contribution in [0.4, 0.5) is 5.69 Å². The summed E-state index contributed by atoms with van der Waals surface area (Å²) in [6, 6.07) is 19.4. The second kappa shape index (κ2) is 12.7. The van der Waals surface area contributed by atoms with Gasteiger partial charge in [0.05, 0.1) is 18.2 Å². The summed E-state index contributed by atoms with van der Waals surface area (Å²) in [4.78, 5) is 12.7. The first-order valence-corrected chi connectivity index (χ1v) is 11.7. The van der Waals surface area contributed by atoms with Gasteiger partial charge in [0.2, 0.25) is 0 Å². The molecule has 35 heavy (non-hydrogen) atoms. The van der Waals surface area contributed by atoms with E-state index in [1.165, 1.54) is 6.08 Å². The van der Waals surface area contributed by atoms with Crippen LogP contribution in [0.1, 0.15) is 25.0 Å². The smallest absolute Gasteiger partial charge is 0.266 e. The Morgan fingerprint density at radius 3 is 2.40 bits per heavy atom. The van der Waals surface area contributed by atoms with Crippen LogP contribution in [0.3, 0.4) is 0 Å². The van der Waals surface area contributed by atoms with Gasteiger partial charge in [-0.2, -0.15) is 5.26 Å². The zero-order valence-electron chi connectivity index (χ0n) is 19.3. The topological polar surface area (TPSA) is 80.6 Å². The molecule has 0 saturated carbocycles. The van der Waals surface area contributed by atoms with Crippen molar-refractivity contribution in [3.8, 4) is 23.3 Å². The molecule has 1 amide bonds. The van der Waals surface area contributed by atoms with Gasteiger partial charge in [0.15, 0.2) is 11.5 Å². The van der Waals surface area contributed by atoms with Crippen molar-refractivity contribution in [1.82, 2.24) is 0 Å². The highest BCUT2D eigenvalue weighted by molar-refractivity contribution is 6.32. The Morgan fingerprint density at radius 2 is 1.74 bits per heavy atom. The molecule has 0 saturated heterocycles. The van der Waals surface area contributed by atoms with Crippen molar-refractivity contribution in [1.29, 1.82) is 5.26 Å². The van der Waals surface area contributed by atoms with Gasteiger partial charge in [0.1, 0.15) is 24.0 Å². The van der Waals surface area contributed by atoms with Gasteiger partial charge >= 0.3 is 0 Å². The van der Waals surface area contributed by atoms with Crippen molar-refractivity contribution in [2.24, 2.45) is 0 Å². The number of ether oxygens (including phenoxy) is 3. The molecule has 180 valence electrons. The second-order valence-corrected chi connectivity index (χ2v) is 8.11. The number of nitriles is 1. The Balaban J connectivity index is 1.80. The molecule has 0 aliphatic rings. The van der Waals surface area contributed by atoms with Gasteiger partial charge in [0.25, 0.3) is 5.91 Å². The van der Waals surface area contributed by atoms with Gasteiger partial charge in [-0.15, -0.1) is 0 Å². The van der Waals surface area contributed by atoms with Crippen LogP contribution >= 0.6 is 23.2 Å². The molecule has 0 spiro atoms. The van der Waals surface area contributed by atoms with E-state index in [1.54, 1.807) is 48.5 Å². The molecule has 3 aromatic carbocycles. The number of hydrogen-bond acceptors (Lipinski definition) is 5. The maximum atomic E-state index is 12.7. The van der Waals surface area contributed by atoms with E-state index in [9.17, 15) is 10.1 Å². The maximum absolute atomic E-state index is 12.7. The average molecular weight is 511 g/mol. The van der Waals surface area contributed by atoms with E-state index < -0.39 is 5.91 Å². The third-order valence-electron chi connectivity index (χ3n) is 4.70. The van der Waals surface area contributed by atoms with E-state index in [-0.39, 0.29) is 17.2 Å². The Morgan fingerprint density at radius 1 is 1.00 bits per heavy atom. The number of nitrogens with zero attached hydrogens (tertiary/aromatic N) is 1. The highest BCUT2D eigenvalue weighted by atomic mass is 35.5. The molecule has 0 heterocycles. The highest BCUT2D eigenvalue weighted by Crippen LogP contribution is 2.38. The van der Waals surface area contributed by atoms with E-state index in [4.69, 9.17) is 37.4 Å². The normalized spacial score (nSPS) is 10.9. The number of anilines is 1. The maximum Gasteiger partial charge on any atom is 0.266 e. The number of rotatable bonds is 10. The Bertz CT molecular complexity index is 1250. The molecule has 8 heteroatoms. The lowest BCUT2D eigenvalue weighted by Gasteiger charge is -2.15. The van der Waals surface area contributed by atoms with Crippen molar-refractivity contribution >= 4 is 40.9 Å². The number of benzene rings is 3. The average Bonchev–Trinajstić information content (AvgIpc) is 2.83. The van der Waals surface area contributed by atoms with Crippen LogP contribution in [0, 0.1) is 11.3 Å². The van der Waals surface area contributed by atoms with E-state index >= 15 is 0 Å². The van der Waals surface area contributed by atoms with Crippen LogP contribution in [0.5, 0.6) is 17.2 Å². The minimum absolute atomic E-state index is 0.0926. The van der Waals surface area contributed by atoms with Crippen LogP contribution < -0.4 is 19.5 Å². The molecule has 0 unspecified atom stereocenters. The van der Waals surface area contributed by atoms with E-state index in [2.05, 4.69) is 5.32 Å². The summed E-state index contributed by atoms with van der Waals surface area (Å²) in [5, 5.41) is 13.2. The van der Waals surface area contributed by atoms with Gasteiger partial charge in [-0.25, -0.2) is 0 Å². The fraction of sp³-hybridized carbons (Fsp3) is 0.185. The Hall–Kier alpha value is -3.66. The molecule has 0 aromatic heterocycles. The highest BCUT2D eigenvalue weighted by Gasteiger charge is 2.15. The van der Waals surface area contributed by atoms with Gasteiger partial charge in [-0.05, 0) is 79.6 Å². The molecule has 0 radical (unpaired) electrons. The largest absolute Gasteiger partial charge is 0.494 e. The van der Waals surface area contributed by atoms with Crippen LogP contribution in [-0.2, 0) is 11.4 Å². The minimum Gasteiger partial charge on any atom is -0.494 e. The number of hydrogen-bond donors (Lipinski definition) is 1. The van der Waals surface area contributed by atoms with Gasteiger partial charge in [-0.1, -0.05) is 35.3 Å². The molecule has 1 N–H and O–H groups in total. The molecule has 3 aromatic rings. The van der Waals surface area contributed by atoms with Gasteiger partial charge in [0, 0.05) is 10.7 Å². The Labute approximate surface area is 214 Å². The molecular formula is C27H24Cl2N2O4. The van der Waals surface area contributed by atoms with Crippen LogP contribution in [-0.4, -0.2) is 19.1 Å². The van der Waals surface area contributed by atoms with Gasteiger partial charge < -0.3 is 19.5 Å². The summed E-state index contributed by atoms with van der Waals surface area (Å²) in [5.41, 5.74) is 1.84. The molecule has 0 fully saturated rings. The van der Waals surface area contributed by atoms with Crippen LogP contribution in [0.15, 0.2) is 66.2 Å². The lowest BCUT2D eigenvalue weighted by Crippen LogP contribution is -2.13. The number of amides is 1. The molecule has 3 rings (SSSR count). The third-order valence-corrected chi connectivity index (χ3v) is 5.22. The fourth-order valence-corrected chi connectivity index (χ4v) is 3.66. The van der Waals surface area contributed by atoms with Crippen LogP contribution in [0.2, 0.25) is 10.0 Å². The molecular weight excluding hydrogens is 487 g/mol. The molecule has 0 aliphatic heterocycles. The first kappa shape index (κ1) is 26.0. The number of carbonyl (C=O) groups is 1. The van der Waals surface area contributed by atoms with Crippen molar-refractivity contribution in [2.75, 3.05) is 18.5 Å².